The lowest BCUT2D eigenvalue weighted by atomic mass is 9.86. The van der Waals surface area contributed by atoms with Gasteiger partial charge in [0.2, 0.25) is 0 Å². The van der Waals surface area contributed by atoms with E-state index >= 15 is 0 Å². The highest BCUT2D eigenvalue weighted by molar-refractivity contribution is 6.30. The van der Waals surface area contributed by atoms with Gasteiger partial charge in [-0.25, -0.2) is 0 Å². The van der Waals surface area contributed by atoms with E-state index in [2.05, 4.69) is 17.3 Å². The maximum atomic E-state index is 5.81. The largest absolute Gasteiger partial charge is 0.312 e. The van der Waals surface area contributed by atoms with Crippen molar-refractivity contribution in [2.75, 3.05) is 6.54 Å². The van der Waals surface area contributed by atoms with Crippen LogP contribution in [0.4, 0.5) is 0 Å². The van der Waals surface area contributed by atoms with Gasteiger partial charge in [-0.05, 0) is 18.8 Å². The van der Waals surface area contributed by atoms with Crippen LogP contribution in [0.15, 0.2) is 12.4 Å². The summed E-state index contributed by atoms with van der Waals surface area (Å²) in [6.07, 6.45) is 9.01. The van der Waals surface area contributed by atoms with E-state index in [1.165, 1.54) is 25.7 Å². The standard InChI is InChI=1S/C12H20ClN3/c1-10-4-2-3-5-12(10)14-6-7-16-9-11(13)8-15-16/h8-10,12,14H,2-7H2,1H3. The van der Waals surface area contributed by atoms with Crippen LogP contribution in [-0.4, -0.2) is 22.4 Å². The molecule has 1 saturated carbocycles. The highest BCUT2D eigenvalue weighted by Crippen LogP contribution is 2.23. The summed E-state index contributed by atoms with van der Waals surface area (Å²) in [5, 5.41) is 8.50. The summed E-state index contributed by atoms with van der Waals surface area (Å²) >= 11 is 5.81. The summed E-state index contributed by atoms with van der Waals surface area (Å²) in [5.41, 5.74) is 0. The number of nitrogens with one attached hydrogen (secondary N) is 1. The van der Waals surface area contributed by atoms with Crippen molar-refractivity contribution in [2.24, 2.45) is 5.92 Å². The van der Waals surface area contributed by atoms with Crippen molar-refractivity contribution >= 4 is 11.6 Å². The van der Waals surface area contributed by atoms with Crippen LogP contribution in [0.2, 0.25) is 5.02 Å². The van der Waals surface area contributed by atoms with E-state index in [0.29, 0.717) is 11.1 Å². The van der Waals surface area contributed by atoms with Crippen LogP contribution in [0, 0.1) is 5.92 Å². The maximum Gasteiger partial charge on any atom is 0.0785 e. The van der Waals surface area contributed by atoms with E-state index in [1.807, 2.05) is 10.9 Å². The Morgan fingerprint density at radius 1 is 1.50 bits per heavy atom. The summed E-state index contributed by atoms with van der Waals surface area (Å²) in [7, 11) is 0. The molecule has 90 valence electrons. The van der Waals surface area contributed by atoms with Crippen LogP contribution in [0.3, 0.4) is 0 Å². The molecule has 0 saturated heterocycles. The minimum atomic E-state index is 0.694. The third-order valence-corrected chi connectivity index (χ3v) is 3.66. The predicted molar refractivity (Wildman–Crippen MR) is 66.7 cm³/mol. The molecule has 0 spiro atoms. The Morgan fingerprint density at radius 2 is 2.31 bits per heavy atom. The van der Waals surface area contributed by atoms with Gasteiger partial charge < -0.3 is 5.32 Å². The summed E-state index contributed by atoms with van der Waals surface area (Å²) in [4.78, 5) is 0. The number of halogens is 1. The first-order valence-electron chi connectivity index (χ1n) is 6.17. The lowest BCUT2D eigenvalue weighted by Crippen LogP contribution is -2.38. The Hall–Kier alpha value is -0.540. The molecule has 1 aliphatic rings. The number of nitrogens with zero attached hydrogens (tertiary/aromatic N) is 2. The molecule has 2 unspecified atom stereocenters. The Kier molecular flexibility index (Phi) is 4.24. The van der Waals surface area contributed by atoms with Gasteiger partial charge in [-0.1, -0.05) is 31.4 Å². The minimum Gasteiger partial charge on any atom is -0.312 e. The summed E-state index contributed by atoms with van der Waals surface area (Å²) in [6.45, 7) is 4.23. The zero-order chi connectivity index (χ0) is 11.4. The topological polar surface area (TPSA) is 29.9 Å². The van der Waals surface area contributed by atoms with E-state index in [1.54, 1.807) is 6.20 Å². The molecule has 2 atom stereocenters. The molecule has 1 aliphatic carbocycles. The Bertz CT molecular complexity index is 324. The molecule has 1 heterocycles. The SMILES string of the molecule is CC1CCCCC1NCCn1cc(Cl)cn1. The second-order valence-electron chi connectivity index (χ2n) is 4.74. The number of hydrogen-bond donors (Lipinski definition) is 1. The molecule has 1 aromatic rings. The minimum absolute atomic E-state index is 0.694. The van der Waals surface area contributed by atoms with Crippen LogP contribution in [-0.2, 0) is 6.54 Å². The normalized spacial score (nSPS) is 25.9. The van der Waals surface area contributed by atoms with Gasteiger partial charge in [0.05, 0.1) is 17.8 Å². The lowest BCUT2D eigenvalue weighted by Gasteiger charge is -2.29. The Morgan fingerprint density at radius 3 is 3.00 bits per heavy atom. The smallest absolute Gasteiger partial charge is 0.0785 e. The fraction of sp³-hybridized carbons (Fsp3) is 0.750. The quantitative estimate of drug-likeness (QED) is 0.879. The first-order valence-corrected chi connectivity index (χ1v) is 6.55. The highest BCUT2D eigenvalue weighted by atomic mass is 35.5. The second kappa shape index (κ2) is 5.69. The summed E-state index contributed by atoms with van der Waals surface area (Å²) in [6, 6.07) is 0.694. The third-order valence-electron chi connectivity index (χ3n) is 3.46. The van der Waals surface area contributed by atoms with Crippen molar-refractivity contribution in [1.29, 1.82) is 0 Å². The van der Waals surface area contributed by atoms with Crippen molar-refractivity contribution in [1.82, 2.24) is 15.1 Å². The van der Waals surface area contributed by atoms with Crippen molar-refractivity contribution in [3.63, 3.8) is 0 Å². The highest BCUT2D eigenvalue weighted by Gasteiger charge is 2.19. The summed E-state index contributed by atoms with van der Waals surface area (Å²) in [5.74, 6) is 0.815. The van der Waals surface area contributed by atoms with Gasteiger partial charge in [0.15, 0.2) is 0 Å². The molecular formula is C12H20ClN3. The van der Waals surface area contributed by atoms with Crippen molar-refractivity contribution in [3.8, 4) is 0 Å². The molecule has 1 N–H and O–H groups in total. The van der Waals surface area contributed by atoms with Gasteiger partial charge in [-0.15, -0.1) is 0 Å². The second-order valence-corrected chi connectivity index (χ2v) is 5.18. The predicted octanol–water partition coefficient (Wildman–Crippen LogP) is 2.70. The van der Waals surface area contributed by atoms with Crippen LogP contribution >= 0.6 is 11.6 Å². The van der Waals surface area contributed by atoms with Gasteiger partial charge in [0.25, 0.3) is 0 Å². The van der Waals surface area contributed by atoms with Crippen molar-refractivity contribution in [2.45, 2.75) is 45.2 Å². The van der Waals surface area contributed by atoms with E-state index in [4.69, 9.17) is 11.6 Å². The molecule has 16 heavy (non-hydrogen) atoms. The zero-order valence-electron chi connectivity index (χ0n) is 9.82. The van der Waals surface area contributed by atoms with Crippen LogP contribution < -0.4 is 5.32 Å². The monoisotopic (exact) mass is 241 g/mol. The van der Waals surface area contributed by atoms with Crippen LogP contribution in [0.1, 0.15) is 32.6 Å². The van der Waals surface area contributed by atoms with Gasteiger partial charge in [-0.3, -0.25) is 4.68 Å². The van der Waals surface area contributed by atoms with E-state index in [0.717, 1.165) is 19.0 Å². The van der Waals surface area contributed by atoms with E-state index in [-0.39, 0.29) is 0 Å². The van der Waals surface area contributed by atoms with Crippen molar-refractivity contribution in [3.05, 3.63) is 17.4 Å². The number of hydrogen-bond acceptors (Lipinski definition) is 2. The first-order chi connectivity index (χ1) is 7.75. The average molecular weight is 242 g/mol. The molecule has 4 heteroatoms. The first kappa shape index (κ1) is 11.9. The van der Waals surface area contributed by atoms with E-state index in [9.17, 15) is 0 Å². The molecule has 1 fully saturated rings. The molecule has 0 aromatic carbocycles. The molecule has 2 rings (SSSR count). The fourth-order valence-electron chi connectivity index (χ4n) is 2.44. The van der Waals surface area contributed by atoms with Gasteiger partial charge in [0, 0.05) is 18.8 Å². The molecule has 0 aliphatic heterocycles. The van der Waals surface area contributed by atoms with E-state index < -0.39 is 0 Å². The lowest BCUT2D eigenvalue weighted by molar-refractivity contribution is 0.277. The van der Waals surface area contributed by atoms with Gasteiger partial charge in [-0.2, -0.15) is 5.10 Å². The molecule has 0 amide bonds. The molecule has 1 aromatic heterocycles. The van der Waals surface area contributed by atoms with Crippen molar-refractivity contribution < 1.29 is 0 Å². The van der Waals surface area contributed by atoms with Gasteiger partial charge in [0.1, 0.15) is 0 Å². The van der Waals surface area contributed by atoms with Crippen LogP contribution in [0.5, 0.6) is 0 Å². The number of aromatic nitrogens is 2. The fourth-order valence-corrected chi connectivity index (χ4v) is 2.60. The summed E-state index contributed by atoms with van der Waals surface area (Å²) < 4.78 is 1.89. The van der Waals surface area contributed by atoms with Crippen LogP contribution in [0.25, 0.3) is 0 Å². The zero-order valence-corrected chi connectivity index (χ0v) is 10.6. The molecule has 0 bridgehead atoms. The third kappa shape index (κ3) is 3.22. The number of rotatable bonds is 4. The Labute approximate surface area is 102 Å². The molecular weight excluding hydrogens is 222 g/mol. The Balaban J connectivity index is 1.71. The molecule has 3 nitrogen and oxygen atoms in total. The average Bonchev–Trinajstić information content (AvgIpc) is 2.67. The maximum absolute atomic E-state index is 5.81. The molecule has 0 radical (unpaired) electrons. The van der Waals surface area contributed by atoms with Gasteiger partial charge >= 0.3 is 0 Å².